The van der Waals surface area contributed by atoms with E-state index in [-0.39, 0.29) is 0 Å². The van der Waals surface area contributed by atoms with Crippen molar-refractivity contribution < 1.29 is 15.1 Å². The molecule has 0 amide bonds. The summed E-state index contributed by atoms with van der Waals surface area (Å²) in [6.45, 7) is -7.02. The van der Waals surface area contributed by atoms with Gasteiger partial charge in [-0.1, -0.05) is 29.6 Å². The molecule has 0 saturated heterocycles. The van der Waals surface area contributed by atoms with Gasteiger partial charge in [0.05, 0.1) is 0 Å². The van der Waals surface area contributed by atoms with E-state index in [0.717, 1.165) is 0 Å². The zero-order valence-electron chi connectivity index (χ0n) is 13.9. The van der Waals surface area contributed by atoms with Crippen LogP contribution in [0.15, 0.2) is 0 Å². The Morgan fingerprint density at radius 2 is 2.83 bits per heavy atom. The highest BCUT2D eigenvalue weighted by Gasteiger charge is 1.86. The molecule has 0 heterocycles. The van der Waals surface area contributed by atoms with Gasteiger partial charge >= 0.3 is 0 Å². The molecule has 6 heavy (non-hydrogen) atoms. The van der Waals surface area contributed by atoms with Crippen molar-refractivity contribution in [1.82, 2.24) is 0 Å². The number of alkyl halides is 1. The summed E-state index contributed by atoms with van der Waals surface area (Å²) < 4.78 is 78.8. The Morgan fingerprint density at radius 3 is 3.00 bits per heavy atom. The first-order valence-electron chi connectivity index (χ1n) is 6.69. The molecule has 0 N–H and O–H groups in total. The van der Waals surface area contributed by atoms with Gasteiger partial charge < -0.3 is 0 Å². The summed E-state index contributed by atoms with van der Waals surface area (Å²) in [6.07, 6.45) is -3.45. The lowest BCUT2D eigenvalue weighted by Crippen LogP contribution is -1.84. The van der Waals surface area contributed by atoms with Gasteiger partial charge in [0.15, 0.2) is 0 Å². The van der Waals surface area contributed by atoms with Crippen LogP contribution in [-0.4, -0.2) is 5.28 Å². The first kappa shape index (κ1) is 0.717. The van der Waals surface area contributed by atoms with Crippen LogP contribution in [0.2, 0.25) is 0 Å². The van der Waals surface area contributed by atoms with Crippen LogP contribution in [0.1, 0.15) is 35.2 Å². The molecule has 0 rings (SSSR count). The molecular weight excluding hydrogens is 140 g/mol. The SMILES string of the molecule is [2H]C([2H])([2H])C([2H])(C([2H])([2H])[2H])C([2H])([2H])C([2H])([2H])Br. The predicted octanol–water partition coefficient (Wildman–Crippen LogP) is 2.43. The molecule has 0 bridgehead atoms. The fourth-order valence-corrected chi connectivity index (χ4v) is 0.245. The molecule has 0 aromatic rings. The van der Waals surface area contributed by atoms with Gasteiger partial charge in [0.25, 0.3) is 0 Å². The van der Waals surface area contributed by atoms with Gasteiger partial charge in [0.1, 0.15) is 0 Å². The summed E-state index contributed by atoms with van der Waals surface area (Å²) in [5.74, 6) is -3.58. The molecular formula is C5H11Br. The Labute approximate surface area is 63.5 Å². The van der Waals surface area contributed by atoms with E-state index < -0.39 is 31.3 Å². The van der Waals surface area contributed by atoms with Gasteiger partial charge in [-0.3, -0.25) is 0 Å². The Morgan fingerprint density at radius 1 is 2.17 bits per heavy atom. The van der Waals surface area contributed by atoms with Gasteiger partial charge in [-0.25, -0.2) is 0 Å². The molecule has 0 spiro atoms. The second-order valence-electron chi connectivity index (χ2n) is 0.594. The Kier molecular flexibility index (Phi) is 0.437. The summed E-state index contributed by atoms with van der Waals surface area (Å²) in [5, 5.41) is -2.97. The number of rotatable bonds is 2. The molecule has 0 nitrogen and oxygen atoms in total. The first-order chi connectivity index (χ1) is 7.00. The van der Waals surface area contributed by atoms with Crippen molar-refractivity contribution in [3.05, 3.63) is 0 Å². The molecule has 0 fully saturated rings. The third-order valence-electron chi connectivity index (χ3n) is 0.172. The summed E-state index contributed by atoms with van der Waals surface area (Å²) >= 11 is 2.26. The van der Waals surface area contributed by atoms with Crippen LogP contribution in [0.4, 0.5) is 0 Å². The highest BCUT2D eigenvalue weighted by molar-refractivity contribution is 9.09. The minimum absolute atomic E-state index is 2.26. The van der Waals surface area contributed by atoms with Crippen LogP contribution >= 0.6 is 15.9 Å². The van der Waals surface area contributed by atoms with Crippen molar-refractivity contribution in [2.24, 2.45) is 5.89 Å². The summed E-state index contributed by atoms with van der Waals surface area (Å²) in [5.41, 5.74) is 0. The van der Waals surface area contributed by atoms with Gasteiger partial charge in [-0.05, 0) is 12.3 Å². The normalized spacial score (nSPS) is 47.8. The summed E-state index contributed by atoms with van der Waals surface area (Å²) in [7, 11) is 0. The number of halogens is 1. The third-order valence-corrected chi connectivity index (χ3v) is 0.370. The van der Waals surface area contributed by atoms with Crippen LogP contribution in [0.25, 0.3) is 0 Å². The molecule has 0 saturated carbocycles. The summed E-state index contributed by atoms with van der Waals surface area (Å²) in [4.78, 5) is 0. The van der Waals surface area contributed by atoms with Crippen LogP contribution in [0.3, 0.4) is 0 Å². The first-order valence-corrected chi connectivity index (χ1v) is 1.98. The monoisotopic (exact) mass is 161 g/mol. The molecule has 0 atom stereocenters. The van der Waals surface area contributed by atoms with Crippen LogP contribution in [0, 0.1) is 5.89 Å². The molecule has 0 aliphatic heterocycles. The average Bonchev–Trinajstić information content (AvgIpc) is 1.95. The summed E-state index contributed by atoms with van der Waals surface area (Å²) in [6, 6.07) is 0. The van der Waals surface area contributed by atoms with Crippen molar-refractivity contribution >= 4 is 15.9 Å². The molecule has 0 radical (unpaired) electrons. The fraction of sp³-hybridized carbons (Fsp3) is 1.00. The maximum absolute atomic E-state index is 7.51. The van der Waals surface area contributed by atoms with Gasteiger partial charge in [0, 0.05) is 20.4 Å². The number of hydrogen-bond acceptors (Lipinski definition) is 0. The van der Waals surface area contributed by atoms with Crippen molar-refractivity contribution in [1.29, 1.82) is 0 Å². The largest absolute Gasteiger partial charge is 0.0928 e. The molecule has 0 aromatic carbocycles. The Balaban J connectivity index is 6.04. The average molecular weight is 162 g/mol. The molecule has 0 aromatic heterocycles. The van der Waals surface area contributed by atoms with Gasteiger partial charge in [-0.2, -0.15) is 0 Å². The quantitative estimate of drug-likeness (QED) is 0.547. The zero-order valence-corrected chi connectivity index (χ0v) is 4.46. The van der Waals surface area contributed by atoms with Crippen molar-refractivity contribution in [3.63, 3.8) is 0 Å². The van der Waals surface area contributed by atoms with E-state index in [1.165, 1.54) is 0 Å². The van der Waals surface area contributed by atoms with Gasteiger partial charge in [-0.15, -0.1) is 0 Å². The van der Waals surface area contributed by atoms with E-state index in [9.17, 15) is 0 Å². The van der Waals surface area contributed by atoms with E-state index in [1.807, 2.05) is 0 Å². The van der Waals surface area contributed by atoms with E-state index >= 15 is 0 Å². The smallest absolute Gasteiger partial charge is 0.0387 e. The van der Waals surface area contributed by atoms with Crippen LogP contribution in [-0.2, 0) is 0 Å². The minimum atomic E-state index is -3.58. The Bertz CT molecular complexity index is 266. The highest BCUT2D eigenvalue weighted by atomic mass is 79.9. The van der Waals surface area contributed by atoms with Crippen molar-refractivity contribution in [2.45, 2.75) is 20.1 Å². The van der Waals surface area contributed by atoms with Crippen LogP contribution in [0.5, 0.6) is 0 Å². The van der Waals surface area contributed by atoms with E-state index in [4.69, 9.17) is 15.1 Å². The molecule has 0 unspecified atom stereocenters. The predicted molar refractivity (Wildman–Crippen MR) is 33.2 cm³/mol. The topological polar surface area (TPSA) is 0 Å². The molecule has 38 valence electrons. The lowest BCUT2D eigenvalue weighted by atomic mass is 10.2. The van der Waals surface area contributed by atoms with Crippen molar-refractivity contribution in [3.8, 4) is 0 Å². The van der Waals surface area contributed by atoms with E-state index in [0.29, 0.717) is 0 Å². The maximum atomic E-state index is 7.51. The Hall–Kier alpha value is 0.480. The lowest BCUT2D eigenvalue weighted by Gasteiger charge is -1.94. The molecule has 1 heteroatoms. The standard InChI is InChI=1S/C5H11Br/c1-5(2)3-4-6/h5H,3-4H2,1-2H3/i1D3,2D3,3D2,4D2,5D. The highest BCUT2D eigenvalue weighted by Crippen LogP contribution is 2.00. The lowest BCUT2D eigenvalue weighted by molar-refractivity contribution is 0.634. The zero-order chi connectivity index (χ0) is 14.5. The van der Waals surface area contributed by atoms with Crippen LogP contribution < -0.4 is 0 Å². The maximum Gasteiger partial charge on any atom is 0.0387 e. The van der Waals surface area contributed by atoms with Gasteiger partial charge in [0.2, 0.25) is 0 Å². The number of hydrogen-bond donors (Lipinski definition) is 0. The van der Waals surface area contributed by atoms with E-state index in [2.05, 4.69) is 15.9 Å². The molecule has 0 aliphatic rings. The second kappa shape index (κ2) is 3.66. The second-order valence-corrected chi connectivity index (χ2v) is 0.991. The fourth-order valence-electron chi connectivity index (χ4n) is 0.0472. The van der Waals surface area contributed by atoms with Crippen molar-refractivity contribution in [2.75, 3.05) is 5.28 Å². The van der Waals surface area contributed by atoms with E-state index in [1.54, 1.807) is 0 Å². The minimum Gasteiger partial charge on any atom is -0.0928 e. The third kappa shape index (κ3) is 4.48. The molecule has 0 aliphatic carbocycles.